The molecule has 1 spiro atoms. The number of hydrogen-bond donors (Lipinski definition) is 1. The number of nitrogens with zero attached hydrogens (tertiary/aromatic N) is 2. The van der Waals surface area contributed by atoms with Gasteiger partial charge in [-0.25, -0.2) is 9.40 Å². The lowest BCUT2D eigenvalue weighted by atomic mass is 9.95. The summed E-state index contributed by atoms with van der Waals surface area (Å²) in [7, 11) is 0. The van der Waals surface area contributed by atoms with Crippen molar-refractivity contribution in [3.63, 3.8) is 0 Å². The summed E-state index contributed by atoms with van der Waals surface area (Å²) in [5.74, 6) is -0.254. The second-order valence-corrected chi connectivity index (χ2v) is 8.54. The molecule has 146 valence electrons. The van der Waals surface area contributed by atoms with Crippen LogP contribution in [0.25, 0.3) is 0 Å². The van der Waals surface area contributed by atoms with Gasteiger partial charge >= 0.3 is 0 Å². The molecule has 0 radical (unpaired) electrons. The first-order valence-corrected chi connectivity index (χ1v) is 10.5. The van der Waals surface area contributed by atoms with E-state index in [9.17, 15) is 9.18 Å². The van der Waals surface area contributed by atoms with Crippen molar-refractivity contribution in [3.05, 3.63) is 70.5 Å². The molecule has 1 aliphatic heterocycles. The van der Waals surface area contributed by atoms with Crippen molar-refractivity contribution >= 4 is 22.7 Å². The maximum atomic E-state index is 14.0. The predicted octanol–water partition coefficient (Wildman–Crippen LogP) is 4.02. The van der Waals surface area contributed by atoms with Crippen molar-refractivity contribution in [2.24, 2.45) is 16.8 Å². The number of carbonyl (C=O) groups excluding carboxylic acids is 1. The van der Waals surface area contributed by atoms with Gasteiger partial charge in [-0.15, -0.1) is 0 Å². The van der Waals surface area contributed by atoms with Gasteiger partial charge in [0.05, 0.1) is 0 Å². The highest BCUT2D eigenvalue weighted by Gasteiger charge is 2.56. The van der Waals surface area contributed by atoms with E-state index in [1.807, 2.05) is 19.1 Å². The van der Waals surface area contributed by atoms with Crippen molar-refractivity contribution in [1.82, 2.24) is 5.01 Å². The molecule has 0 saturated carbocycles. The Bertz CT molecular complexity index is 961. The van der Waals surface area contributed by atoms with E-state index in [4.69, 9.17) is 10.8 Å². The van der Waals surface area contributed by atoms with Crippen molar-refractivity contribution in [2.75, 3.05) is 6.54 Å². The summed E-state index contributed by atoms with van der Waals surface area (Å²) in [6.45, 7) is 4.13. The molecule has 2 aromatic rings. The highest BCUT2D eigenvalue weighted by Crippen LogP contribution is 2.58. The second-order valence-electron chi connectivity index (χ2n) is 7.33. The minimum Gasteiger partial charge on any atom is -0.330 e. The van der Waals surface area contributed by atoms with Crippen molar-refractivity contribution in [3.8, 4) is 0 Å². The Hall–Kier alpha value is -2.18. The lowest BCUT2D eigenvalue weighted by Crippen LogP contribution is -2.44. The monoisotopic (exact) mass is 397 g/mol. The third-order valence-corrected chi connectivity index (χ3v) is 7.21. The predicted molar refractivity (Wildman–Crippen MR) is 111 cm³/mol. The Labute approximate surface area is 169 Å². The Kier molecular flexibility index (Phi) is 5.02. The quantitative estimate of drug-likeness (QED) is 0.848. The van der Waals surface area contributed by atoms with E-state index in [0.29, 0.717) is 11.6 Å². The number of rotatable bonds is 4. The summed E-state index contributed by atoms with van der Waals surface area (Å²) in [6, 6.07) is 13.0. The molecule has 1 aliphatic carbocycles. The fourth-order valence-electron chi connectivity index (χ4n) is 4.44. The Morgan fingerprint density at radius 2 is 2.14 bits per heavy atom. The second kappa shape index (κ2) is 7.33. The maximum Gasteiger partial charge on any atom is 0.241 e. The number of halogens is 1. The van der Waals surface area contributed by atoms with Gasteiger partial charge in [-0.3, -0.25) is 4.79 Å². The summed E-state index contributed by atoms with van der Waals surface area (Å²) >= 11 is 1.57. The lowest BCUT2D eigenvalue weighted by molar-refractivity contribution is -0.133. The van der Waals surface area contributed by atoms with Crippen molar-refractivity contribution in [1.29, 1.82) is 0 Å². The first-order valence-electron chi connectivity index (χ1n) is 9.67. The molecule has 2 aromatic carbocycles. The average molecular weight is 398 g/mol. The minimum atomic E-state index is -0.617. The number of aryl methyl sites for hydroxylation is 1. The van der Waals surface area contributed by atoms with Crippen LogP contribution in [0.2, 0.25) is 0 Å². The van der Waals surface area contributed by atoms with Gasteiger partial charge in [-0.2, -0.15) is 5.10 Å². The van der Waals surface area contributed by atoms with Gasteiger partial charge in [0, 0.05) is 18.4 Å². The van der Waals surface area contributed by atoms with Gasteiger partial charge in [0.1, 0.15) is 15.7 Å². The lowest BCUT2D eigenvalue weighted by Gasteiger charge is -2.37. The summed E-state index contributed by atoms with van der Waals surface area (Å²) in [5, 5.41) is 7.04. The van der Waals surface area contributed by atoms with Crippen LogP contribution in [0.15, 0.2) is 47.6 Å². The first kappa shape index (κ1) is 19.2. The SMILES string of the molecule is CCc1ccc(F)cc1C1=NN(C(C)=O)C2(S1)c1ccccc1CC2CCN. The van der Waals surface area contributed by atoms with E-state index in [2.05, 4.69) is 12.1 Å². The number of amides is 1. The van der Waals surface area contributed by atoms with E-state index < -0.39 is 4.87 Å². The fraction of sp³-hybridized carbons (Fsp3) is 0.364. The standard InChI is InChI=1S/C22H24FN3OS/c1-3-15-8-9-18(23)13-19(15)21-25-26(14(2)27)22(28-21)17(10-11-24)12-16-6-4-5-7-20(16)22/h4-9,13,17H,3,10-12,24H2,1-2H3. The molecule has 0 aromatic heterocycles. The Balaban J connectivity index is 1.87. The maximum absolute atomic E-state index is 14.0. The normalized spacial score (nSPS) is 23.2. The highest BCUT2D eigenvalue weighted by atomic mass is 32.2. The molecule has 4 nitrogen and oxygen atoms in total. The van der Waals surface area contributed by atoms with Crippen LogP contribution >= 0.6 is 11.8 Å². The first-order chi connectivity index (χ1) is 13.5. The number of hydrazone groups is 1. The summed E-state index contributed by atoms with van der Waals surface area (Å²) in [5.41, 5.74) is 10.1. The van der Waals surface area contributed by atoms with Crippen molar-refractivity contribution in [2.45, 2.75) is 38.0 Å². The molecule has 28 heavy (non-hydrogen) atoms. The summed E-state index contributed by atoms with van der Waals surface area (Å²) in [4.78, 5) is 12.0. The van der Waals surface area contributed by atoms with Gasteiger partial charge in [-0.1, -0.05) is 49.0 Å². The number of thioether (sulfide) groups is 1. The molecule has 0 saturated heterocycles. The topological polar surface area (TPSA) is 58.7 Å². The van der Waals surface area contributed by atoms with Crippen LogP contribution in [-0.2, 0) is 22.5 Å². The number of benzene rings is 2. The zero-order valence-corrected chi connectivity index (χ0v) is 16.9. The van der Waals surface area contributed by atoms with Gasteiger partial charge < -0.3 is 5.73 Å². The van der Waals surface area contributed by atoms with E-state index in [-0.39, 0.29) is 17.6 Å². The highest BCUT2D eigenvalue weighted by molar-refractivity contribution is 8.15. The molecule has 0 fully saturated rings. The zero-order chi connectivity index (χ0) is 19.9. The number of nitrogens with two attached hydrogens (primary N) is 1. The van der Waals surface area contributed by atoms with Crippen LogP contribution in [0.4, 0.5) is 4.39 Å². The minimum absolute atomic E-state index is 0.115. The molecule has 2 N–H and O–H groups in total. The van der Waals surface area contributed by atoms with Crippen LogP contribution < -0.4 is 5.73 Å². The van der Waals surface area contributed by atoms with Crippen molar-refractivity contribution < 1.29 is 9.18 Å². The van der Waals surface area contributed by atoms with E-state index >= 15 is 0 Å². The Morgan fingerprint density at radius 3 is 2.86 bits per heavy atom. The van der Waals surface area contributed by atoms with Gasteiger partial charge in [0.2, 0.25) is 5.91 Å². The molecule has 6 heteroatoms. The molecule has 0 bridgehead atoms. The number of fused-ring (bicyclic) bond motifs is 2. The molecule has 2 aliphatic rings. The van der Waals surface area contributed by atoms with Crippen LogP contribution in [0.1, 0.15) is 42.5 Å². The van der Waals surface area contributed by atoms with E-state index in [0.717, 1.165) is 36.0 Å². The fourth-order valence-corrected chi connectivity index (χ4v) is 6.09. The third-order valence-electron chi connectivity index (χ3n) is 5.68. The van der Waals surface area contributed by atoms with E-state index in [1.54, 1.807) is 29.8 Å². The third kappa shape index (κ3) is 2.86. The molecular weight excluding hydrogens is 373 g/mol. The molecule has 4 rings (SSSR count). The van der Waals surface area contributed by atoms with E-state index in [1.165, 1.54) is 17.7 Å². The zero-order valence-electron chi connectivity index (χ0n) is 16.1. The molecule has 1 amide bonds. The van der Waals surface area contributed by atoms with Gasteiger partial charge in [0.25, 0.3) is 0 Å². The van der Waals surface area contributed by atoms with Crippen LogP contribution in [0.3, 0.4) is 0 Å². The number of carbonyl (C=O) groups is 1. The average Bonchev–Trinajstić information content (AvgIpc) is 3.23. The van der Waals surface area contributed by atoms with Crippen LogP contribution in [-0.4, -0.2) is 22.5 Å². The Morgan fingerprint density at radius 1 is 1.36 bits per heavy atom. The number of hydrogen-bond acceptors (Lipinski definition) is 4. The van der Waals surface area contributed by atoms with Gasteiger partial charge in [-0.05, 0) is 54.6 Å². The molecule has 1 heterocycles. The summed E-state index contributed by atoms with van der Waals surface area (Å²) in [6.07, 6.45) is 2.42. The largest absolute Gasteiger partial charge is 0.330 e. The molecule has 2 unspecified atom stereocenters. The van der Waals surface area contributed by atoms with Crippen LogP contribution in [0, 0.1) is 11.7 Å². The molecule has 2 atom stereocenters. The van der Waals surface area contributed by atoms with Gasteiger partial charge in [0.15, 0.2) is 0 Å². The smallest absolute Gasteiger partial charge is 0.241 e. The molecular formula is C22H24FN3OS. The summed E-state index contributed by atoms with van der Waals surface area (Å²) < 4.78 is 14.0. The van der Waals surface area contributed by atoms with Crippen LogP contribution in [0.5, 0.6) is 0 Å².